The van der Waals surface area contributed by atoms with Gasteiger partial charge in [0.25, 0.3) is 5.91 Å². The van der Waals surface area contributed by atoms with Gasteiger partial charge >= 0.3 is 0 Å². The first kappa shape index (κ1) is 14.5. The lowest BCUT2D eigenvalue weighted by atomic mass is 10.1. The molecule has 1 aromatic heterocycles. The van der Waals surface area contributed by atoms with Crippen LogP contribution in [0.2, 0.25) is 0 Å². The zero-order valence-corrected chi connectivity index (χ0v) is 12.8. The predicted molar refractivity (Wildman–Crippen MR) is 80.8 cm³/mol. The highest BCUT2D eigenvalue weighted by atomic mass is 79.9. The number of carbonyl (C=O) groups is 2. The maximum Gasteiger partial charge on any atom is 0.268 e. The molecule has 2 N–H and O–H groups in total. The molecule has 0 aliphatic rings. The Morgan fingerprint density at radius 2 is 1.90 bits per heavy atom. The van der Waals surface area contributed by atoms with Crippen molar-refractivity contribution in [2.75, 3.05) is 0 Å². The van der Waals surface area contributed by atoms with Gasteiger partial charge in [0, 0.05) is 16.2 Å². The van der Waals surface area contributed by atoms with Crippen molar-refractivity contribution in [3.63, 3.8) is 0 Å². The van der Waals surface area contributed by atoms with Gasteiger partial charge in [-0.1, -0.05) is 28.1 Å². The molecule has 0 aliphatic heterocycles. The summed E-state index contributed by atoms with van der Waals surface area (Å²) < 4.78 is 0.996. The summed E-state index contributed by atoms with van der Waals surface area (Å²) in [6.07, 6.45) is 1.54. The molecule has 0 unspecified atom stereocenters. The quantitative estimate of drug-likeness (QED) is 0.841. The first-order valence-corrected chi connectivity index (χ1v) is 7.02. The fourth-order valence-corrected chi connectivity index (χ4v) is 2.10. The van der Waals surface area contributed by atoms with Crippen LogP contribution in [0.3, 0.4) is 0 Å². The van der Waals surface area contributed by atoms with Crippen LogP contribution in [0.15, 0.2) is 41.0 Å². The molecule has 1 atom stereocenters. The number of aromatic amines is 1. The molecular formula is C15H15BrN2O2. The second-order valence-corrected chi connectivity index (χ2v) is 5.52. The molecule has 0 saturated heterocycles. The molecular weight excluding hydrogens is 320 g/mol. The Hall–Kier alpha value is -1.88. The number of aromatic nitrogens is 1. The second kappa shape index (κ2) is 6.05. The van der Waals surface area contributed by atoms with E-state index < -0.39 is 0 Å². The molecule has 0 fully saturated rings. The van der Waals surface area contributed by atoms with Gasteiger partial charge in [-0.05, 0) is 37.6 Å². The molecule has 1 heterocycles. The minimum Gasteiger partial charge on any atom is -0.356 e. The molecule has 0 bridgehead atoms. The predicted octanol–water partition coefficient (Wildman–Crippen LogP) is 3.47. The van der Waals surface area contributed by atoms with E-state index in [1.807, 2.05) is 31.2 Å². The molecule has 0 aliphatic carbocycles. The Labute approximate surface area is 125 Å². The summed E-state index contributed by atoms with van der Waals surface area (Å²) in [4.78, 5) is 26.1. The van der Waals surface area contributed by atoms with Crippen molar-refractivity contribution in [2.24, 2.45) is 0 Å². The van der Waals surface area contributed by atoms with Crippen LogP contribution in [-0.2, 0) is 0 Å². The summed E-state index contributed by atoms with van der Waals surface area (Å²) in [6, 6.07) is 9.21. The summed E-state index contributed by atoms with van der Waals surface area (Å²) in [5, 5.41) is 2.89. The maximum atomic E-state index is 12.1. The van der Waals surface area contributed by atoms with Crippen molar-refractivity contribution in [2.45, 2.75) is 19.9 Å². The second-order valence-electron chi connectivity index (χ2n) is 4.60. The monoisotopic (exact) mass is 334 g/mol. The van der Waals surface area contributed by atoms with Gasteiger partial charge in [0.1, 0.15) is 5.69 Å². The summed E-state index contributed by atoms with van der Waals surface area (Å²) in [5.74, 6) is -0.297. The van der Waals surface area contributed by atoms with Gasteiger partial charge in [-0.15, -0.1) is 0 Å². The number of hydrogen-bond acceptors (Lipinski definition) is 2. The summed E-state index contributed by atoms with van der Waals surface area (Å²) in [7, 11) is 0. The zero-order chi connectivity index (χ0) is 14.7. The van der Waals surface area contributed by atoms with E-state index in [4.69, 9.17) is 0 Å². The Kier molecular flexibility index (Phi) is 4.39. The number of carbonyl (C=O) groups excluding carboxylic acids is 2. The molecule has 1 amide bonds. The number of benzene rings is 1. The number of halogens is 1. The third kappa shape index (κ3) is 3.36. The first-order chi connectivity index (χ1) is 9.47. The number of hydrogen-bond donors (Lipinski definition) is 2. The van der Waals surface area contributed by atoms with E-state index in [-0.39, 0.29) is 17.7 Å². The number of amides is 1. The Morgan fingerprint density at radius 1 is 1.25 bits per heavy atom. The summed E-state index contributed by atoms with van der Waals surface area (Å²) in [5.41, 5.74) is 1.91. The van der Waals surface area contributed by atoms with Crippen molar-refractivity contribution in [3.8, 4) is 0 Å². The Balaban J connectivity index is 2.06. The van der Waals surface area contributed by atoms with Crippen molar-refractivity contribution in [3.05, 3.63) is 57.8 Å². The van der Waals surface area contributed by atoms with E-state index in [1.54, 1.807) is 12.3 Å². The van der Waals surface area contributed by atoms with Gasteiger partial charge in [-0.2, -0.15) is 0 Å². The molecule has 0 spiro atoms. The van der Waals surface area contributed by atoms with Crippen LogP contribution in [0, 0.1) is 0 Å². The van der Waals surface area contributed by atoms with Crippen LogP contribution in [-0.4, -0.2) is 16.7 Å². The van der Waals surface area contributed by atoms with Crippen LogP contribution in [0.1, 0.15) is 46.3 Å². The lowest BCUT2D eigenvalue weighted by Crippen LogP contribution is -2.26. The molecule has 5 heteroatoms. The molecule has 0 saturated carbocycles. The van der Waals surface area contributed by atoms with Crippen LogP contribution in [0.25, 0.3) is 0 Å². The minimum atomic E-state index is -0.229. The molecule has 20 heavy (non-hydrogen) atoms. The summed E-state index contributed by atoms with van der Waals surface area (Å²) in [6.45, 7) is 3.38. The lowest BCUT2D eigenvalue weighted by Gasteiger charge is -2.13. The van der Waals surface area contributed by atoms with E-state index in [1.165, 1.54) is 6.92 Å². The van der Waals surface area contributed by atoms with Gasteiger partial charge in [0.2, 0.25) is 0 Å². The minimum absolute atomic E-state index is 0.0683. The number of rotatable bonds is 4. The Bertz CT molecular complexity index is 632. The van der Waals surface area contributed by atoms with E-state index in [2.05, 4.69) is 26.2 Å². The van der Waals surface area contributed by atoms with Gasteiger partial charge in [-0.25, -0.2) is 0 Å². The molecule has 1 aromatic carbocycles. The smallest absolute Gasteiger partial charge is 0.268 e. The number of nitrogens with one attached hydrogen (secondary N) is 2. The third-order valence-corrected chi connectivity index (χ3v) is 3.58. The van der Waals surface area contributed by atoms with Crippen molar-refractivity contribution < 1.29 is 9.59 Å². The number of Topliss-reactive ketones (excluding diaryl/α,β-unsaturated/α-hetero) is 1. The first-order valence-electron chi connectivity index (χ1n) is 6.23. The van der Waals surface area contributed by atoms with Crippen LogP contribution >= 0.6 is 15.9 Å². The van der Waals surface area contributed by atoms with Gasteiger partial charge in [0.15, 0.2) is 5.78 Å². The van der Waals surface area contributed by atoms with E-state index in [0.717, 1.165) is 10.0 Å². The molecule has 2 rings (SSSR count). The molecule has 0 radical (unpaired) electrons. The van der Waals surface area contributed by atoms with Crippen molar-refractivity contribution in [1.82, 2.24) is 10.3 Å². The van der Waals surface area contributed by atoms with E-state index >= 15 is 0 Å². The Morgan fingerprint density at radius 3 is 2.45 bits per heavy atom. The third-order valence-electron chi connectivity index (χ3n) is 3.05. The average molecular weight is 335 g/mol. The summed E-state index contributed by atoms with van der Waals surface area (Å²) >= 11 is 3.37. The highest BCUT2D eigenvalue weighted by Crippen LogP contribution is 2.17. The standard InChI is InChI=1S/C15H15BrN2O2/c1-9(11-3-5-13(16)6-4-11)18-15(20)14-7-12(8-17-14)10(2)19/h3-9,17H,1-2H3,(H,18,20)/t9-/m1/s1. The van der Waals surface area contributed by atoms with E-state index in [9.17, 15) is 9.59 Å². The lowest BCUT2D eigenvalue weighted by molar-refractivity contribution is 0.0935. The van der Waals surface area contributed by atoms with Crippen LogP contribution < -0.4 is 5.32 Å². The van der Waals surface area contributed by atoms with Gasteiger partial charge in [-0.3, -0.25) is 9.59 Å². The van der Waals surface area contributed by atoms with Crippen molar-refractivity contribution in [1.29, 1.82) is 0 Å². The molecule has 2 aromatic rings. The average Bonchev–Trinajstić information content (AvgIpc) is 2.89. The van der Waals surface area contributed by atoms with Gasteiger partial charge < -0.3 is 10.3 Å². The molecule has 4 nitrogen and oxygen atoms in total. The van der Waals surface area contributed by atoms with E-state index in [0.29, 0.717) is 11.3 Å². The SMILES string of the molecule is CC(=O)c1c[nH]c(C(=O)N[C@H](C)c2ccc(Br)cc2)c1. The maximum absolute atomic E-state index is 12.1. The van der Waals surface area contributed by atoms with Crippen LogP contribution in [0.5, 0.6) is 0 Å². The topological polar surface area (TPSA) is 62.0 Å². The molecule has 104 valence electrons. The van der Waals surface area contributed by atoms with Crippen LogP contribution in [0.4, 0.5) is 0 Å². The van der Waals surface area contributed by atoms with Gasteiger partial charge in [0.05, 0.1) is 6.04 Å². The highest BCUT2D eigenvalue weighted by Gasteiger charge is 2.14. The number of H-pyrrole nitrogens is 1. The normalized spacial score (nSPS) is 11.9. The fraction of sp³-hybridized carbons (Fsp3) is 0.200. The van der Waals surface area contributed by atoms with Crippen molar-refractivity contribution >= 4 is 27.6 Å². The zero-order valence-electron chi connectivity index (χ0n) is 11.2. The fourth-order valence-electron chi connectivity index (χ4n) is 1.84. The number of ketones is 1. The highest BCUT2D eigenvalue weighted by molar-refractivity contribution is 9.10. The largest absolute Gasteiger partial charge is 0.356 e.